The van der Waals surface area contributed by atoms with Gasteiger partial charge >= 0.3 is 6.03 Å². The summed E-state index contributed by atoms with van der Waals surface area (Å²) in [5, 5.41) is 5.51. The van der Waals surface area contributed by atoms with E-state index in [4.69, 9.17) is 0 Å². The number of nitrogens with one attached hydrogen (secondary N) is 2. The van der Waals surface area contributed by atoms with E-state index in [1.165, 1.54) is 0 Å². The van der Waals surface area contributed by atoms with Crippen molar-refractivity contribution in [2.75, 3.05) is 10.6 Å². The fraction of sp³-hybridized carbons (Fsp3) is 0. The zero-order chi connectivity index (χ0) is 13.1. The summed E-state index contributed by atoms with van der Waals surface area (Å²) in [5.74, 6) is 0. The topological polar surface area (TPSA) is 66.9 Å². The second-order valence-electron chi connectivity index (χ2n) is 3.91. The molecule has 0 saturated heterocycles. The molecule has 0 fully saturated rings. The van der Waals surface area contributed by atoms with Crippen LogP contribution in [-0.4, -0.2) is 14.8 Å². The van der Waals surface area contributed by atoms with Gasteiger partial charge in [-0.2, -0.15) is 8.75 Å². The van der Waals surface area contributed by atoms with Gasteiger partial charge in [0.05, 0.1) is 11.7 Å². The van der Waals surface area contributed by atoms with Crippen LogP contribution in [-0.2, 0) is 0 Å². The summed E-state index contributed by atoms with van der Waals surface area (Å²) in [6, 6.07) is 14.4. The van der Waals surface area contributed by atoms with Crippen LogP contribution in [0, 0.1) is 0 Å². The fourth-order valence-corrected chi connectivity index (χ4v) is 2.19. The number of aromatic nitrogens is 2. The van der Waals surface area contributed by atoms with Gasteiger partial charge in [-0.15, -0.1) is 0 Å². The lowest BCUT2D eigenvalue weighted by Gasteiger charge is -2.07. The van der Waals surface area contributed by atoms with E-state index in [9.17, 15) is 4.79 Å². The molecule has 19 heavy (non-hydrogen) atoms. The quantitative estimate of drug-likeness (QED) is 0.750. The van der Waals surface area contributed by atoms with Crippen molar-refractivity contribution < 1.29 is 4.79 Å². The standard InChI is InChI=1S/C13H10N4OS/c18-13(14-9-4-2-1-3-5-9)15-10-6-7-11-12(8-10)17-19-16-11/h1-8H,(H2,14,15,18). The molecule has 0 saturated carbocycles. The van der Waals surface area contributed by atoms with Crippen LogP contribution in [0.3, 0.4) is 0 Å². The Morgan fingerprint density at radius 3 is 2.47 bits per heavy atom. The molecule has 1 heterocycles. The first-order valence-corrected chi connectivity index (χ1v) is 6.40. The fourth-order valence-electron chi connectivity index (χ4n) is 1.67. The van der Waals surface area contributed by atoms with E-state index in [0.717, 1.165) is 28.4 Å². The Balaban J connectivity index is 1.72. The van der Waals surface area contributed by atoms with Gasteiger partial charge in [0, 0.05) is 11.4 Å². The summed E-state index contributed by atoms with van der Waals surface area (Å²) in [7, 11) is 0. The Bertz CT molecular complexity index is 711. The first-order valence-electron chi connectivity index (χ1n) is 5.67. The number of hydrogen-bond acceptors (Lipinski definition) is 4. The van der Waals surface area contributed by atoms with Gasteiger partial charge in [0.1, 0.15) is 11.0 Å². The highest BCUT2D eigenvalue weighted by atomic mass is 32.1. The Kier molecular flexibility index (Phi) is 3.07. The molecule has 5 nitrogen and oxygen atoms in total. The number of carbonyl (C=O) groups is 1. The van der Waals surface area contributed by atoms with Crippen LogP contribution in [0.5, 0.6) is 0 Å². The van der Waals surface area contributed by atoms with Crippen LogP contribution in [0.2, 0.25) is 0 Å². The van der Waals surface area contributed by atoms with Crippen LogP contribution in [0.4, 0.5) is 16.2 Å². The maximum Gasteiger partial charge on any atom is 0.323 e. The number of hydrogen-bond donors (Lipinski definition) is 2. The zero-order valence-electron chi connectivity index (χ0n) is 9.83. The number of para-hydroxylation sites is 1. The van der Waals surface area contributed by atoms with E-state index >= 15 is 0 Å². The number of anilines is 2. The van der Waals surface area contributed by atoms with Gasteiger partial charge in [0.15, 0.2) is 0 Å². The number of carbonyl (C=O) groups excluding carboxylic acids is 1. The summed E-state index contributed by atoms with van der Waals surface area (Å²) in [6.07, 6.45) is 0. The van der Waals surface area contributed by atoms with Crippen molar-refractivity contribution in [1.29, 1.82) is 0 Å². The van der Waals surface area contributed by atoms with Crippen LogP contribution >= 0.6 is 11.7 Å². The normalized spacial score (nSPS) is 10.3. The molecule has 0 aliphatic heterocycles. The van der Waals surface area contributed by atoms with Crippen LogP contribution in [0.25, 0.3) is 11.0 Å². The smallest absolute Gasteiger partial charge is 0.308 e. The molecule has 0 bridgehead atoms. The Morgan fingerprint density at radius 1 is 0.895 bits per heavy atom. The van der Waals surface area contributed by atoms with E-state index in [2.05, 4.69) is 19.4 Å². The minimum atomic E-state index is -0.284. The molecular formula is C13H10N4OS. The third kappa shape index (κ3) is 2.69. The zero-order valence-corrected chi connectivity index (χ0v) is 10.6. The van der Waals surface area contributed by atoms with Gasteiger partial charge in [0.25, 0.3) is 0 Å². The summed E-state index contributed by atoms with van der Waals surface area (Å²) in [4.78, 5) is 11.8. The van der Waals surface area contributed by atoms with Gasteiger partial charge in [-0.1, -0.05) is 18.2 Å². The van der Waals surface area contributed by atoms with Gasteiger partial charge in [-0.25, -0.2) is 4.79 Å². The van der Waals surface area contributed by atoms with Crippen LogP contribution in [0.15, 0.2) is 48.5 Å². The average Bonchev–Trinajstić information content (AvgIpc) is 2.87. The van der Waals surface area contributed by atoms with E-state index in [0.29, 0.717) is 5.69 Å². The predicted molar refractivity (Wildman–Crippen MR) is 76.5 cm³/mol. The lowest BCUT2D eigenvalue weighted by molar-refractivity contribution is 0.262. The maximum atomic E-state index is 11.8. The first kappa shape index (κ1) is 11.6. The molecule has 0 radical (unpaired) electrons. The molecule has 1 aromatic heterocycles. The van der Waals surface area contributed by atoms with Crippen molar-refractivity contribution in [2.24, 2.45) is 0 Å². The number of nitrogens with zero attached hydrogens (tertiary/aromatic N) is 2. The van der Waals surface area contributed by atoms with Crippen LogP contribution < -0.4 is 10.6 Å². The molecule has 3 aromatic rings. The lowest BCUT2D eigenvalue weighted by Crippen LogP contribution is -2.19. The molecule has 2 aromatic carbocycles. The molecule has 6 heteroatoms. The number of fused-ring (bicyclic) bond motifs is 1. The lowest BCUT2D eigenvalue weighted by atomic mass is 10.3. The Hall–Kier alpha value is -2.47. The molecule has 3 rings (SSSR count). The number of urea groups is 1. The second-order valence-corrected chi connectivity index (χ2v) is 4.44. The number of benzene rings is 2. The summed E-state index contributed by atoms with van der Waals surface area (Å²) in [6.45, 7) is 0. The highest BCUT2D eigenvalue weighted by molar-refractivity contribution is 7.00. The SMILES string of the molecule is O=C(Nc1ccccc1)Nc1ccc2nsnc2c1. The van der Waals surface area contributed by atoms with Crippen LogP contribution in [0.1, 0.15) is 0 Å². The monoisotopic (exact) mass is 270 g/mol. The van der Waals surface area contributed by atoms with Gasteiger partial charge in [-0.3, -0.25) is 0 Å². The predicted octanol–water partition coefficient (Wildman–Crippen LogP) is 3.34. The largest absolute Gasteiger partial charge is 0.323 e. The molecule has 94 valence electrons. The molecule has 0 aliphatic carbocycles. The van der Waals surface area contributed by atoms with Crippen molar-refractivity contribution in [1.82, 2.24) is 8.75 Å². The molecular weight excluding hydrogens is 260 g/mol. The molecule has 0 unspecified atom stereocenters. The third-order valence-electron chi connectivity index (χ3n) is 2.54. The molecule has 0 atom stereocenters. The van der Waals surface area contributed by atoms with Crippen molar-refractivity contribution in [3.8, 4) is 0 Å². The van der Waals surface area contributed by atoms with Crippen molar-refractivity contribution in [3.05, 3.63) is 48.5 Å². The number of rotatable bonds is 2. The average molecular weight is 270 g/mol. The second kappa shape index (κ2) is 5.03. The van der Waals surface area contributed by atoms with E-state index < -0.39 is 0 Å². The van der Waals surface area contributed by atoms with Gasteiger partial charge in [0.2, 0.25) is 0 Å². The molecule has 0 aliphatic rings. The minimum Gasteiger partial charge on any atom is -0.308 e. The summed E-state index contributed by atoms with van der Waals surface area (Å²) in [5.41, 5.74) is 3.05. The van der Waals surface area contributed by atoms with E-state index in [1.54, 1.807) is 12.1 Å². The Labute approximate surface area is 113 Å². The summed E-state index contributed by atoms with van der Waals surface area (Å²) < 4.78 is 8.24. The molecule has 2 amide bonds. The van der Waals surface area contributed by atoms with Crippen molar-refractivity contribution in [2.45, 2.75) is 0 Å². The highest BCUT2D eigenvalue weighted by Crippen LogP contribution is 2.17. The Morgan fingerprint density at radius 2 is 1.63 bits per heavy atom. The first-order chi connectivity index (χ1) is 9.31. The summed E-state index contributed by atoms with van der Waals surface area (Å²) >= 11 is 1.15. The van der Waals surface area contributed by atoms with Gasteiger partial charge < -0.3 is 10.6 Å². The van der Waals surface area contributed by atoms with E-state index in [-0.39, 0.29) is 6.03 Å². The van der Waals surface area contributed by atoms with Crippen molar-refractivity contribution in [3.63, 3.8) is 0 Å². The highest BCUT2D eigenvalue weighted by Gasteiger charge is 2.04. The number of amides is 2. The third-order valence-corrected chi connectivity index (χ3v) is 3.10. The molecule has 0 spiro atoms. The maximum absolute atomic E-state index is 11.8. The van der Waals surface area contributed by atoms with Crippen molar-refractivity contribution >= 4 is 40.2 Å². The minimum absolute atomic E-state index is 0.284. The van der Waals surface area contributed by atoms with Gasteiger partial charge in [-0.05, 0) is 30.3 Å². The molecule has 2 N–H and O–H groups in total. The van der Waals surface area contributed by atoms with E-state index in [1.807, 2.05) is 36.4 Å².